The number of aromatic nitrogens is 2. The van der Waals surface area contributed by atoms with Crippen molar-refractivity contribution < 1.29 is 0 Å². The van der Waals surface area contributed by atoms with E-state index in [1.54, 1.807) is 0 Å². The summed E-state index contributed by atoms with van der Waals surface area (Å²) < 4.78 is 2.29. The van der Waals surface area contributed by atoms with Crippen LogP contribution in [0.2, 0.25) is 0 Å². The van der Waals surface area contributed by atoms with Gasteiger partial charge in [0.05, 0.1) is 5.69 Å². The van der Waals surface area contributed by atoms with E-state index < -0.39 is 0 Å². The summed E-state index contributed by atoms with van der Waals surface area (Å²) in [6.07, 6.45) is 9.21. The Bertz CT molecular complexity index is 348. The van der Waals surface area contributed by atoms with Crippen LogP contribution in [-0.4, -0.2) is 15.6 Å². The Balaban J connectivity index is 1.93. The third-order valence-electron chi connectivity index (χ3n) is 3.57. The van der Waals surface area contributed by atoms with E-state index in [0.29, 0.717) is 6.04 Å². The Morgan fingerprint density at radius 1 is 1.41 bits per heavy atom. The number of aryl methyl sites for hydroxylation is 2. The Kier molecular flexibility index (Phi) is 4.08. The van der Waals surface area contributed by atoms with Gasteiger partial charge in [-0.2, -0.15) is 0 Å². The summed E-state index contributed by atoms with van der Waals surface area (Å²) in [5, 5.41) is 3.42. The summed E-state index contributed by atoms with van der Waals surface area (Å²) in [7, 11) is 0. The molecule has 0 unspecified atom stereocenters. The molecule has 0 radical (unpaired) electrons. The van der Waals surface area contributed by atoms with Crippen LogP contribution in [-0.2, 0) is 6.54 Å². The second kappa shape index (κ2) is 5.56. The minimum Gasteiger partial charge on any atom is -0.353 e. The molecule has 1 heterocycles. The van der Waals surface area contributed by atoms with E-state index in [9.17, 15) is 0 Å². The van der Waals surface area contributed by atoms with Gasteiger partial charge in [-0.15, -0.1) is 0 Å². The van der Waals surface area contributed by atoms with Gasteiger partial charge in [-0.25, -0.2) is 4.98 Å². The molecule has 0 bridgehead atoms. The van der Waals surface area contributed by atoms with Gasteiger partial charge in [-0.05, 0) is 33.1 Å². The average Bonchev–Trinajstić information content (AvgIpc) is 2.84. The van der Waals surface area contributed by atoms with Crippen molar-refractivity contribution in [2.24, 2.45) is 5.92 Å². The van der Waals surface area contributed by atoms with Crippen LogP contribution < -0.4 is 5.32 Å². The molecule has 2 rings (SSSR count). The molecule has 0 aliphatic heterocycles. The zero-order valence-electron chi connectivity index (χ0n) is 11.4. The van der Waals surface area contributed by atoms with E-state index in [0.717, 1.165) is 24.1 Å². The number of imidazole rings is 1. The summed E-state index contributed by atoms with van der Waals surface area (Å²) in [5.74, 6) is 1.99. The first-order chi connectivity index (χ1) is 8.15. The molecule has 3 heteroatoms. The highest BCUT2D eigenvalue weighted by Crippen LogP contribution is 2.28. The number of anilines is 1. The molecule has 17 heavy (non-hydrogen) atoms. The Labute approximate surface area is 105 Å². The number of rotatable bonds is 5. The maximum absolute atomic E-state index is 4.55. The molecule has 0 saturated heterocycles. The van der Waals surface area contributed by atoms with Crippen LogP contribution in [0.5, 0.6) is 0 Å². The van der Waals surface area contributed by atoms with E-state index in [1.165, 1.54) is 32.1 Å². The number of hydrogen-bond donors (Lipinski definition) is 1. The molecule has 1 aliphatic carbocycles. The number of nitrogens with zero attached hydrogens (tertiary/aromatic N) is 2. The van der Waals surface area contributed by atoms with Crippen molar-refractivity contribution in [2.45, 2.75) is 65.5 Å². The van der Waals surface area contributed by atoms with E-state index in [-0.39, 0.29) is 0 Å². The molecule has 0 atom stereocenters. The standard InChI is InChI=1S/C14H25N3/c1-11(2)15-14-16-12(3)10-17(14)9-8-13-6-4-5-7-13/h10-11,13H,4-9H2,1-3H3,(H,15,16). The van der Waals surface area contributed by atoms with Crippen LogP contribution >= 0.6 is 0 Å². The van der Waals surface area contributed by atoms with Crippen molar-refractivity contribution >= 4 is 5.95 Å². The molecule has 0 amide bonds. The van der Waals surface area contributed by atoms with Crippen molar-refractivity contribution in [1.29, 1.82) is 0 Å². The van der Waals surface area contributed by atoms with Gasteiger partial charge < -0.3 is 9.88 Å². The summed E-state index contributed by atoms with van der Waals surface area (Å²) in [4.78, 5) is 4.55. The molecular formula is C14H25N3. The first-order valence-electron chi connectivity index (χ1n) is 6.95. The van der Waals surface area contributed by atoms with E-state index in [2.05, 4.69) is 41.8 Å². The van der Waals surface area contributed by atoms with Gasteiger partial charge in [0.15, 0.2) is 0 Å². The van der Waals surface area contributed by atoms with Gasteiger partial charge in [0, 0.05) is 18.8 Å². The zero-order valence-corrected chi connectivity index (χ0v) is 11.4. The Morgan fingerprint density at radius 2 is 2.12 bits per heavy atom. The van der Waals surface area contributed by atoms with Crippen molar-refractivity contribution in [2.75, 3.05) is 5.32 Å². The first kappa shape index (κ1) is 12.5. The molecule has 0 aromatic carbocycles. The second-order valence-corrected chi connectivity index (χ2v) is 5.64. The van der Waals surface area contributed by atoms with Crippen LogP contribution in [0.15, 0.2) is 6.20 Å². The molecule has 1 saturated carbocycles. The van der Waals surface area contributed by atoms with Crippen LogP contribution in [0.25, 0.3) is 0 Å². The molecule has 1 aromatic heterocycles. The molecule has 96 valence electrons. The fraction of sp³-hybridized carbons (Fsp3) is 0.786. The van der Waals surface area contributed by atoms with Gasteiger partial charge in [0.25, 0.3) is 0 Å². The quantitative estimate of drug-likeness (QED) is 0.845. The van der Waals surface area contributed by atoms with Gasteiger partial charge in [0.1, 0.15) is 0 Å². The molecular weight excluding hydrogens is 210 g/mol. The smallest absolute Gasteiger partial charge is 0.203 e. The van der Waals surface area contributed by atoms with E-state index in [1.807, 2.05) is 0 Å². The number of hydrogen-bond acceptors (Lipinski definition) is 2. The van der Waals surface area contributed by atoms with Crippen LogP contribution in [0, 0.1) is 12.8 Å². The lowest BCUT2D eigenvalue weighted by Gasteiger charge is -2.14. The maximum atomic E-state index is 4.55. The Morgan fingerprint density at radius 3 is 2.76 bits per heavy atom. The third-order valence-corrected chi connectivity index (χ3v) is 3.57. The maximum Gasteiger partial charge on any atom is 0.203 e. The van der Waals surface area contributed by atoms with Crippen molar-refractivity contribution in [1.82, 2.24) is 9.55 Å². The SMILES string of the molecule is Cc1cn(CCC2CCCC2)c(NC(C)C)n1. The van der Waals surface area contributed by atoms with E-state index in [4.69, 9.17) is 0 Å². The minimum absolute atomic E-state index is 0.446. The van der Waals surface area contributed by atoms with E-state index >= 15 is 0 Å². The predicted octanol–water partition coefficient (Wildman–Crippen LogP) is 3.59. The molecule has 1 fully saturated rings. The molecule has 1 aromatic rings. The molecule has 3 nitrogen and oxygen atoms in total. The highest BCUT2D eigenvalue weighted by atomic mass is 15.2. The minimum atomic E-state index is 0.446. The van der Waals surface area contributed by atoms with Crippen molar-refractivity contribution in [3.63, 3.8) is 0 Å². The Hall–Kier alpha value is -0.990. The van der Waals surface area contributed by atoms with Gasteiger partial charge >= 0.3 is 0 Å². The highest BCUT2D eigenvalue weighted by molar-refractivity contribution is 5.29. The van der Waals surface area contributed by atoms with Crippen molar-refractivity contribution in [3.8, 4) is 0 Å². The first-order valence-corrected chi connectivity index (χ1v) is 6.95. The van der Waals surface area contributed by atoms with Crippen LogP contribution in [0.1, 0.15) is 51.6 Å². The van der Waals surface area contributed by atoms with Crippen LogP contribution in [0.4, 0.5) is 5.95 Å². The summed E-state index contributed by atoms with van der Waals surface area (Å²) in [5.41, 5.74) is 1.11. The monoisotopic (exact) mass is 235 g/mol. The van der Waals surface area contributed by atoms with Crippen LogP contribution in [0.3, 0.4) is 0 Å². The van der Waals surface area contributed by atoms with Gasteiger partial charge in [-0.1, -0.05) is 25.7 Å². The molecule has 0 spiro atoms. The fourth-order valence-corrected chi connectivity index (χ4v) is 2.71. The van der Waals surface area contributed by atoms with Crippen molar-refractivity contribution in [3.05, 3.63) is 11.9 Å². The molecule has 1 aliphatic rings. The normalized spacial score (nSPS) is 16.9. The average molecular weight is 235 g/mol. The summed E-state index contributed by atoms with van der Waals surface area (Å²) in [6, 6.07) is 0.446. The topological polar surface area (TPSA) is 29.9 Å². The lowest BCUT2D eigenvalue weighted by molar-refractivity contribution is 0.459. The number of nitrogens with one attached hydrogen (secondary N) is 1. The second-order valence-electron chi connectivity index (χ2n) is 5.64. The fourth-order valence-electron chi connectivity index (χ4n) is 2.71. The largest absolute Gasteiger partial charge is 0.353 e. The lowest BCUT2D eigenvalue weighted by Crippen LogP contribution is -2.15. The van der Waals surface area contributed by atoms with Gasteiger partial charge in [-0.3, -0.25) is 0 Å². The predicted molar refractivity (Wildman–Crippen MR) is 72.3 cm³/mol. The lowest BCUT2D eigenvalue weighted by atomic mass is 10.0. The summed E-state index contributed by atoms with van der Waals surface area (Å²) in [6.45, 7) is 7.49. The third kappa shape index (κ3) is 3.48. The highest BCUT2D eigenvalue weighted by Gasteiger charge is 2.15. The zero-order chi connectivity index (χ0) is 12.3. The molecule has 1 N–H and O–H groups in total. The van der Waals surface area contributed by atoms with Gasteiger partial charge in [0.2, 0.25) is 5.95 Å². The summed E-state index contributed by atoms with van der Waals surface area (Å²) >= 11 is 0.